The van der Waals surface area contributed by atoms with Gasteiger partial charge in [0, 0.05) is 25.7 Å². The molecule has 0 saturated heterocycles. The van der Waals surface area contributed by atoms with Gasteiger partial charge in [-0.05, 0) is 37.6 Å². The fourth-order valence-corrected chi connectivity index (χ4v) is 2.39. The van der Waals surface area contributed by atoms with Crippen molar-refractivity contribution in [2.45, 2.75) is 52.5 Å². The Morgan fingerprint density at radius 1 is 1.24 bits per heavy atom. The summed E-state index contributed by atoms with van der Waals surface area (Å²) in [5.41, 5.74) is 0.383. The summed E-state index contributed by atoms with van der Waals surface area (Å²) in [5.74, 6) is 0. The highest BCUT2D eigenvalue weighted by Crippen LogP contribution is 2.29. The number of likely N-dealkylation sites (N-methyl/N-ethyl adjacent to an activating group) is 1. The maximum Gasteiger partial charge on any atom is 0.0558 e. The lowest BCUT2D eigenvalue weighted by Gasteiger charge is -2.37. The molecule has 3 heteroatoms. The topological polar surface area (TPSA) is 35.5 Å². The van der Waals surface area contributed by atoms with Crippen molar-refractivity contribution in [3.63, 3.8) is 0 Å². The van der Waals surface area contributed by atoms with Gasteiger partial charge in [-0.1, -0.05) is 20.8 Å². The minimum atomic E-state index is 0.271. The first kappa shape index (κ1) is 14.9. The molecule has 0 unspecified atom stereocenters. The average Bonchev–Trinajstić information content (AvgIpc) is 3.17. The minimum Gasteiger partial charge on any atom is -0.395 e. The van der Waals surface area contributed by atoms with E-state index in [-0.39, 0.29) is 6.61 Å². The van der Waals surface area contributed by atoms with Gasteiger partial charge in [0.25, 0.3) is 0 Å². The third-order valence-corrected chi connectivity index (χ3v) is 4.27. The number of hydrogen-bond donors (Lipinski definition) is 2. The highest BCUT2D eigenvalue weighted by atomic mass is 16.3. The van der Waals surface area contributed by atoms with Gasteiger partial charge < -0.3 is 15.3 Å². The SMILES string of the molecule is CCN(CCO)CC(CC)(CC)CNC1CC1. The van der Waals surface area contributed by atoms with Crippen molar-refractivity contribution in [1.29, 1.82) is 0 Å². The maximum atomic E-state index is 9.08. The van der Waals surface area contributed by atoms with Gasteiger partial charge in [-0.3, -0.25) is 0 Å². The zero-order chi connectivity index (χ0) is 12.7. The Bertz CT molecular complexity index is 200. The molecule has 0 aromatic carbocycles. The Morgan fingerprint density at radius 2 is 1.88 bits per heavy atom. The number of rotatable bonds is 10. The fourth-order valence-electron chi connectivity index (χ4n) is 2.39. The Balaban J connectivity index is 2.47. The highest BCUT2D eigenvalue weighted by Gasteiger charge is 2.31. The van der Waals surface area contributed by atoms with Crippen molar-refractivity contribution < 1.29 is 5.11 Å². The van der Waals surface area contributed by atoms with Crippen LogP contribution in [0.1, 0.15) is 46.5 Å². The van der Waals surface area contributed by atoms with Crippen LogP contribution in [0.25, 0.3) is 0 Å². The summed E-state index contributed by atoms with van der Waals surface area (Å²) < 4.78 is 0. The molecule has 0 radical (unpaired) electrons. The standard InChI is InChI=1S/C14H30N2O/c1-4-14(5-2,11-15-13-7-8-13)12-16(6-3)9-10-17/h13,15,17H,4-12H2,1-3H3. The zero-order valence-corrected chi connectivity index (χ0v) is 11.8. The molecule has 0 aliphatic heterocycles. The second-order valence-electron chi connectivity index (χ2n) is 5.45. The van der Waals surface area contributed by atoms with Gasteiger partial charge in [0.05, 0.1) is 6.61 Å². The van der Waals surface area contributed by atoms with E-state index in [9.17, 15) is 0 Å². The molecule has 0 atom stereocenters. The predicted octanol–water partition coefficient (Wildman–Crippen LogP) is 1.86. The molecule has 102 valence electrons. The Labute approximate surface area is 107 Å². The van der Waals surface area contributed by atoms with Gasteiger partial charge in [0.1, 0.15) is 0 Å². The molecule has 0 aromatic rings. The number of aliphatic hydroxyl groups excluding tert-OH is 1. The summed E-state index contributed by atoms with van der Waals surface area (Å²) in [6.45, 7) is 11.1. The van der Waals surface area contributed by atoms with Gasteiger partial charge in [0.2, 0.25) is 0 Å². The van der Waals surface area contributed by atoms with E-state index in [4.69, 9.17) is 5.11 Å². The summed E-state index contributed by atoms with van der Waals surface area (Å²) in [5, 5.41) is 12.8. The van der Waals surface area contributed by atoms with Crippen LogP contribution in [0, 0.1) is 5.41 Å². The summed E-state index contributed by atoms with van der Waals surface area (Å²) in [6.07, 6.45) is 5.14. The van der Waals surface area contributed by atoms with Crippen LogP contribution >= 0.6 is 0 Å². The molecule has 1 saturated carbocycles. The minimum absolute atomic E-state index is 0.271. The Morgan fingerprint density at radius 3 is 2.29 bits per heavy atom. The third-order valence-electron chi connectivity index (χ3n) is 4.27. The van der Waals surface area contributed by atoms with Crippen molar-refractivity contribution in [3.8, 4) is 0 Å². The molecule has 3 nitrogen and oxygen atoms in total. The van der Waals surface area contributed by atoms with Gasteiger partial charge in [0.15, 0.2) is 0 Å². The van der Waals surface area contributed by atoms with E-state index in [0.717, 1.165) is 32.2 Å². The molecule has 17 heavy (non-hydrogen) atoms. The first-order chi connectivity index (χ1) is 8.19. The molecule has 0 aromatic heterocycles. The average molecular weight is 242 g/mol. The Hall–Kier alpha value is -0.120. The van der Waals surface area contributed by atoms with Crippen molar-refractivity contribution in [2.24, 2.45) is 5.41 Å². The van der Waals surface area contributed by atoms with Crippen LogP contribution in [0.3, 0.4) is 0 Å². The third kappa shape index (κ3) is 4.94. The van der Waals surface area contributed by atoms with Crippen LogP contribution in [-0.4, -0.2) is 48.8 Å². The lowest BCUT2D eigenvalue weighted by molar-refractivity contribution is 0.118. The summed E-state index contributed by atoms with van der Waals surface area (Å²) >= 11 is 0. The largest absolute Gasteiger partial charge is 0.395 e. The number of nitrogens with one attached hydrogen (secondary N) is 1. The number of nitrogens with zero attached hydrogens (tertiary/aromatic N) is 1. The Kier molecular flexibility index (Phi) is 6.45. The van der Waals surface area contributed by atoms with E-state index >= 15 is 0 Å². The van der Waals surface area contributed by atoms with Crippen LogP contribution in [0.4, 0.5) is 0 Å². The van der Waals surface area contributed by atoms with Crippen molar-refractivity contribution in [3.05, 3.63) is 0 Å². The molecule has 0 heterocycles. The van der Waals surface area contributed by atoms with Crippen LogP contribution in [0.15, 0.2) is 0 Å². The van der Waals surface area contributed by atoms with Crippen LogP contribution in [0.2, 0.25) is 0 Å². The monoisotopic (exact) mass is 242 g/mol. The van der Waals surface area contributed by atoms with Crippen molar-refractivity contribution in [2.75, 3.05) is 32.8 Å². The van der Waals surface area contributed by atoms with Gasteiger partial charge in [-0.15, -0.1) is 0 Å². The lowest BCUT2D eigenvalue weighted by Crippen LogP contribution is -2.45. The first-order valence-corrected chi connectivity index (χ1v) is 7.26. The van der Waals surface area contributed by atoms with Crippen LogP contribution in [-0.2, 0) is 0 Å². The fraction of sp³-hybridized carbons (Fsp3) is 1.00. The molecule has 1 aliphatic rings. The van der Waals surface area contributed by atoms with Gasteiger partial charge >= 0.3 is 0 Å². The number of aliphatic hydroxyl groups is 1. The summed E-state index contributed by atoms with van der Waals surface area (Å²) in [7, 11) is 0. The van der Waals surface area contributed by atoms with Gasteiger partial charge in [-0.25, -0.2) is 0 Å². The van der Waals surface area contributed by atoms with E-state index in [1.165, 1.54) is 25.7 Å². The highest BCUT2D eigenvalue weighted by molar-refractivity contribution is 4.88. The van der Waals surface area contributed by atoms with E-state index < -0.39 is 0 Å². The quantitative estimate of drug-likeness (QED) is 0.614. The molecule has 2 N–H and O–H groups in total. The molecule has 1 aliphatic carbocycles. The molecule has 0 bridgehead atoms. The summed E-state index contributed by atoms with van der Waals surface area (Å²) in [4.78, 5) is 2.38. The second kappa shape index (κ2) is 7.34. The lowest BCUT2D eigenvalue weighted by atomic mass is 9.81. The van der Waals surface area contributed by atoms with Crippen molar-refractivity contribution >= 4 is 0 Å². The smallest absolute Gasteiger partial charge is 0.0558 e. The molecule has 1 rings (SSSR count). The number of hydrogen-bond acceptors (Lipinski definition) is 3. The second-order valence-corrected chi connectivity index (χ2v) is 5.45. The zero-order valence-electron chi connectivity index (χ0n) is 11.8. The van der Waals surface area contributed by atoms with E-state index in [1.807, 2.05) is 0 Å². The van der Waals surface area contributed by atoms with E-state index in [1.54, 1.807) is 0 Å². The van der Waals surface area contributed by atoms with Gasteiger partial charge in [-0.2, -0.15) is 0 Å². The van der Waals surface area contributed by atoms with Crippen molar-refractivity contribution in [1.82, 2.24) is 10.2 Å². The predicted molar refractivity (Wildman–Crippen MR) is 73.2 cm³/mol. The molecular formula is C14H30N2O. The molecule has 0 amide bonds. The molecule has 1 fully saturated rings. The van der Waals surface area contributed by atoms with E-state index in [0.29, 0.717) is 5.41 Å². The van der Waals surface area contributed by atoms with Crippen LogP contribution < -0.4 is 5.32 Å². The first-order valence-electron chi connectivity index (χ1n) is 7.26. The maximum absolute atomic E-state index is 9.08. The molecule has 0 spiro atoms. The normalized spacial score (nSPS) is 16.8. The van der Waals surface area contributed by atoms with E-state index in [2.05, 4.69) is 31.0 Å². The molecular weight excluding hydrogens is 212 g/mol. The summed E-state index contributed by atoms with van der Waals surface area (Å²) in [6, 6.07) is 0.792. The van der Waals surface area contributed by atoms with Crippen LogP contribution in [0.5, 0.6) is 0 Å².